The number of rotatable bonds is 6. The van der Waals surface area contributed by atoms with E-state index >= 15 is 0 Å². The number of ether oxygens (including phenoxy) is 1. The number of hydrogen-bond acceptors (Lipinski definition) is 8. The second kappa shape index (κ2) is 11.4. The number of carbonyl (C=O) groups excluding carboxylic acids is 2. The first-order valence-electron chi connectivity index (χ1n) is 12.8. The van der Waals surface area contributed by atoms with E-state index in [1.54, 1.807) is 29.2 Å². The number of nitriles is 1. The number of alkyl halides is 3. The molecule has 1 saturated heterocycles. The SMILES string of the molecule is N#Cc1ccc(N2CCN(C(=O)CCO[C@@H]3Cc4ccccc4[C@H]3N=C3C=NNC(=O)C3C(F)(F)F)CC2)nc1. The molecule has 1 aromatic carbocycles. The van der Waals surface area contributed by atoms with E-state index in [0.29, 0.717) is 38.2 Å². The highest BCUT2D eigenvalue weighted by Gasteiger charge is 2.50. The van der Waals surface area contributed by atoms with E-state index in [2.05, 4.69) is 15.1 Å². The first-order chi connectivity index (χ1) is 19.2. The van der Waals surface area contributed by atoms with Gasteiger partial charge in [0, 0.05) is 38.8 Å². The van der Waals surface area contributed by atoms with E-state index in [-0.39, 0.29) is 18.9 Å². The first-order valence-corrected chi connectivity index (χ1v) is 12.8. The van der Waals surface area contributed by atoms with Crippen LogP contribution >= 0.6 is 0 Å². The minimum Gasteiger partial charge on any atom is -0.375 e. The Labute approximate surface area is 228 Å². The predicted octanol–water partition coefficient (Wildman–Crippen LogP) is 2.41. The lowest BCUT2D eigenvalue weighted by atomic mass is 10.00. The maximum Gasteiger partial charge on any atom is 0.406 e. The Balaban J connectivity index is 1.20. The fourth-order valence-electron chi connectivity index (χ4n) is 5.14. The van der Waals surface area contributed by atoms with Crippen LogP contribution in [0.25, 0.3) is 0 Å². The zero-order chi connectivity index (χ0) is 28.3. The van der Waals surface area contributed by atoms with Crippen molar-refractivity contribution >= 4 is 29.6 Å². The number of hydrogen-bond donors (Lipinski definition) is 1. The molecule has 1 aromatic heterocycles. The number of piperazine rings is 1. The van der Waals surface area contributed by atoms with Crippen LogP contribution in [0.15, 0.2) is 52.7 Å². The lowest BCUT2D eigenvalue weighted by Crippen LogP contribution is -2.49. The van der Waals surface area contributed by atoms with Crippen LogP contribution in [-0.4, -0.2) is 78.7 Å². The summed E-state index contributed by atoms with van der Waals surface area (Å²) in [5.74, 6) is -3.04. The largest absolute Gasteiger partial charge is 0.406 e. The highest BCUT2D eigenvalue weighted by atomic mass is 19.4. The van der Waals surface area contributed by atoms with E-state index in [1.807, 2.05) is 28.5 Å². The molecule has 3 heterocycles. The summed E-state index contributed by atoms with van der Waals surface area (Å²) in [6.07, 6.45) is -2.44. The van der Waals surface area contributed by atoms with Crippen molar-refractivity contribution in [3.05, 3.63) is 59.3 Å². The molecule has 10 nitrogen and oxygen atoms in total. The Morgan fingerprint density at radius 3 is 2.65 bits per heavy atom. The van der Waals surface area contributed by atoms with Gasteiger partial charge in [-0.05, 0) is 23.3 Å². The molecule has 208 valence electrons. The van der Waals surface area contributed by atoms with E-state index < -0.39 is 35.9 Å². The standard InChI is InChI=1S/C27H26F3N7O3/c28-27(29,30)24-20(16-33-35-26(24)39)34-25-19-4-2-1-3-18(19)13-21(25)40-12-7-23(38)37-10-8-36(9-11-37)22-6-5-17(14-31)15-32-22/h1-6,15-16,21,24-25H,7-13H2,(H,35,39)/t21-,24?,25-/m1/s1. The van der Waals surface area contributed by atoms with E-state index in [0.717, 1.165) is 23.2 Å². The average Bonchev–Trinajstić information content (AvgIpc) is 3.29. The molecule has 3 atom stereocenters. The molecule has 1 aliphatic carbocycles. The number of nitrogens with zero attached hydrogens (tertiary/aromatic N) is 6. The smallest absolute Gasteiger partial charge is 0.375 e. The maximum atomic E-state index is 13.6. The van der Waals surface area contributed by atoms with Gasteiger partial charge in [-0.25, -0.2) is 10.4 Å². The Bertz CT molecular complexity index is 1360. The monoisotopic (exact) mass is 553 g/mol. The molecular formula is C27H26F3N7O3. The molecule has 0 radical (unpaired) electrons. The van der Waals surface area contributed by atoms with Gasteiger partial charge in [-0.15, -0.1) is 0 Å². The third-order valence-corrected chi connectivity index (χ3v) is 7.17. The average molecular weight is 554 g/mol. The van der Waals surface area contributed by atoms with Gasteiger partial charge in [-0.2, -0.15) is 23.5 Å². The highest BCUT2D eigenvalue weighted by Crippen LogP contribution is 2.38. The zero-order valence-electron chi connectivity index (χ0n) is 21.3. The lowest BCUT2D eigenvalue weighted by Gasteiger charge is -2.35. The van der Waals surface area contributed by atoms with Crippen molar-refractivity contribution < 1.29 is 27.5 Å². The zero-order valence-corrected chi connectivity index (χ0v) is 21.3. The molecule has 2 aliphatic heterocycles. The number of amides is 2. The molecule has 13 heteroatoms. The number of carbonyl (C=O) groups is 2. The molecule has 1 N–H and O–H groups in total. The summed E-state index contributed by atoms with van der Waals surface area (Å²) < 4.78 is 46.9. The van der Waals surface area contributed by atoms with Crippen molar-refractivity contribution in [3.63, 3.8) is 0 Å². The van der Waals surface area contributed by atoms with Gasteiger partial charge >= 0.3 is 6.18 Å². The second-order valence-corrected chi connectivity index (χ2v) is 9.65. The van der Waals surface area contributed by atoms with Crippen LogP contribution in [-0.2, 0) is 20.7 Å². The van der Waals surface area contributed by atoms with Crippen LogP contribution in [0.3, 0.4) is 0 Å². The molecule has 2 aromatic rings. The van der Waals surface area contributed by atoms with Gasteiger partial charge in [-0.3, -0.25) is 14.6 Å². The van der Waals surface area contributed by atoms with Crippen LogP contribution in [0.1, 0.15) is 29.2 Å². The predicted molar refractivity (Wildman–Crippen MR) is 139 cm³/mol. The topological polar surface area (TPSA) is 123 Å². The summed E-state index contributed by atoms with van der Waals surface area (Å²) in [6.45, 7) is 2.28. The first kappa shape index (κ1) is 27.3. The van der Waals surface area contributed by atoms with Crippen molar-refractivity contribution in [1.82, 2.24) is 15.3 Å². The summed E-state index contributed by atoms with van der Waals surface area (Å²) in [5, 5.41) is 12.5. The quantitative estimate of drug-likeness (QED) is 0.586. The summed E-state index contributed by atoms with van der Waals surface area (Å²) in [6, 6.07) is 12.0. The Hall–Kier alpha value is -4.31. The van der Waals surface area contributed by atoms with Crippen molar-refractivity contribution in [2.45, 2.75) is 31.2 Å². The number of aromatic nitrogens is 1. The van der Waals surface area contributed by atoms with Crippen LogP contribution in [0.5, 0.6) is 0 Å². The van der Waals surface area contributed by atoms with Crippen molar-refractivity contribution in [2.75, 3.05) is 37.7 Å². The van der Waals surface area contributed by atoms with E-state index in [1.165, 1.54) is 6.20 Å². The third kappa shape index (κ3) is 5.81. The lowest BCUT2D eigenvalue weighted by molar-refractivity contribution is -0.168. The van der Waals surface area contributed by atoms with Crippen molar-refractivity contribution in [3.8, 4) is 6.07 Å². The summed E-state index contributed by atoms with van der Waals surface area (Å²) >= 11 is 0. The van der Waals surface area contributed by atoms with E-state index in [9.17, 15) is 22.8 Å². The number of fused-ring (bicyclic) bond motifs is 1. The van der Waals surface area contributed by atoms with E-state index in [4.69, 9.17) is 10.00 Å². The van der Waals surface area contributed by atoms with Gasteiger partial charge in [0.2, 0.25) is 5.91 Å². The van der Waals surface area contributed by atoms with Gasteiger partial charge in [0.15, 0.2) is 5.92 Å². The molecule has 40 heavy (non-hydrogen) atoms. The molecule has 5 rings (SSSR count). The minimum atomic E-state index is -4.82. The van der Waals surface area contributed by atoms with Crippen LogP contribution in [0.2, 0.25) is 0 Å². The fraction of sp³-hybridized carbons (Fsp3) is 0.407. The molecule has 2 amide bonds. The van der Waals surface area contributed by atoms with Gasteiger partial charge in [-0.1, -0.05) is 24.3 Å². The Morgan fingerprint density at radius 2 is 1.95 bits per heavy atom. The Morgan fingerprint density at radius 1 is 1.18 bits per heavy atom. The van der Waals surface area contributed by atoms with Crippen molar-refractivity contribution in [2.24, 2.45) is 16.0 Å². The summed E-state index contributed by atoms with van der Waals surface area (Å²) in [7, 11) is 0. The van der Waals surface area contributed by atoms with Gasteiger partial charge < -0.3 is 14.5 Å². The minimum absolute atomic E-state index is 0.0769. The number of nitrogens with one attached hydrogen (secondary N) is 1. The molecule has 1 unspecified atom stereocenters. The van der Waals surface area contributed by atoms with Crippen LogP contribution in [0.4, 0.5) is 19.0 Å². The fourth-order valence-corrected chi connectivity index (χ4v) is 5.14. The molecule has 0 spiro atoms. The van der Waals surface area contributed by atoms with Crippen molar-refractivity contribution in [1.29, 1.82) is 5.26 Å². The number of halogens is 3. The van der Waals surface area contributed by atoms with Gasteiger partial charge in [0.05, 0.1) is 36.6 Å². The maximum absolute atomic E-state index is 13.6. The van der Waals surface area contributed by atoms with Gasteiger partial charge in [0.1, 0.15) is 17.9 Å². The highest BCUT2D eigenvalue weighted by molar-refractivity contribution is 6.37. The number of pyridine rings is 1. The summed E-state index contributed by atoms with van der Waals surface area (Å²) in [4.78, 5) is 37.2. The number of anilines is 1. The number of aliphatic imine (C=N–C) groups is 1. The third-order valence-electron chi connectivity index (χ3n) is 7.17. The molecule has 0 bridgehead atoms. The number of benzene rings is 1. The van der Waals surface area contributed by atoms with Crippen LogP contribution in [0, 0.1) is 17.2 Å². The molecular weight excluding hydrogens is 527 g/mol. The Kier molecular flexibility index (Phi) is 7.79. The number of hydrazone groups is 1. The second-order valence-electron chi connectivity index (χ2n) is 9.65. The van der Waals surface area contributed by atoms with Crippen LogP contribution < -0.4 is 10.3 Å². The molecule has 0 saturated carbocycles. The molecule has 1 fully saturated rings. The molecule has 3 aliphatic rings. The van der Waals surface area contributed by atoms with Gasteiger partial charge in [0.25, 0.3) is 5.91 Å². The normalized spacial score (nSPS) is 23.6. The summed E-state index contributed by atoms with van der Waals surface area (Å²) in [5.41, 5.74) is 3.47.